The van der Waals surface area contributed by atoms with Crippen LogP contribution >= 0.6 is 0 Å². The molecule has 1 aliphatic heterocycles. The first-order valence-corrected chi connectivity index (χ1v) is 7.31. The molecule has 1 heterocycles. The number of hydrogen-bond acceptors (Lipinski definition) is 3. The summed E-state index contributed by atoms with van der Waals surface area (Å²) in [5.74, 6) is -3.71. The second-order valence-corrected chi connectivity index (χ2v) is 5.63. The SMILES string of the molecule is CC1(c2ccccc2)NC(=O)N(NC(=O)c2ccc(F)cc2F)C1=O. The number of amides is 4. The first-order chi connectivity index (χ1) is 11.8. The van der Waals surface area contributed by atoms with Gasteiger partial charge < -0.3 is 5.32 Å². The predicted octanol–water partition coefficient (Wildman–Crippen LogP) is 2.08. The van der Waals surface area contributed by atoms with Crippen LogP contribution in [0.25, 0.3) is 0 Å². The molecule has 6 nitrogen and oxygen atoms in total. The lowest BCUT2D eigenvalue weighted by atomic mass is 9.92. The third-order valence-electron chi connectivity index (χ3n) is 3.93. The Morgan fingerprint density at radius 3 is 2.44 bits per heavy atom. The Bertz CT molecular complexity index is 873. The van der Waals surface area contributed by atoms with Gasteiger partial charge in [-0.3, -0.25) is 15.0 Å². The lowest BCUT2D eigenvalue weighted by molar-refractivity contribution is -0.132. The van der Waals surface area contributed by atoms with Crippen molar-refractivity contribution in [3.8, 4) is 0 Å². The fourth-order valence-electron chi connectivity index (χ4n) is 2.54. The summed E-state index contributed by atoms with van der Waals surface area (Å²) in [7, 11) is 0. The molecule has 2 N–H and O–H groups in total. The molecular weight excluding hydrogens is 332 g/mol. The summed E-state index contributed by atoms with van der Waals surface area (Å²) in [6.45, 7) is 1.49. The van der Waals surface area contributed by atoms with Crippen molar-refractivity contribution >= 4 is 17.8 Å². The minimum atomic E-state index is -1.37. The highest BCUT2D eigenvalue weighted by atomic mass is 19.1. The molecule has 25 heavy (non-hydrogen) atoms. The highest BCUT2D eigenvalue weighted by Crippen LogP contribution is 2.27. The van der Waals surface area contributed by atoms with Crippen LogP contribution in [0, 0.1) is 11.6 Å². The van der Waals surface area contributed by atoms with Gasteiger partial charge in [0, 0.05) is 6.07 Å². The molecule has 128 valence electrons. The Hall–Kier alpha value is -3.29. The number of carbonyl (C=O) groups is 3. The number of nitrogens with one attached hydrogen (secondary N) is 2. The quantitative estimate of drug-likeness (QED) is 0.836. The van der Waals surface area contributed by atoms with Crippen LogP contribution in [0.3, 0.4) is 0 Å². The van der Waals surface area contributed by atoms with Crippen LogP contribution in [-0.2, 0) is 10.3 Å². The van der Waals surface area contributed by atoms with Gasteiger partial charge in [0.1, 0.15) is 17.2 Å². The second kappa shape index (κ2) is 5.97. The number of imide groups is 1. The van der Waals surface area contributed by atoms with Crippen molar-refractivity contribution in [1.82, 2.24) is 15.8 Å². The third kappa shape index (κ3) is 2.82. The summed E-state index contributed by atoms with van der Waals surface area (Å²) in [4.78, 5) is 36.8. The zero-order chi connectivity index (χ0) is 18.2. The molecule has 3 rings (SSSR count). The van der Waals surface area contributed by atoms with Crippen molar-refractivity contribution in [2.75, 3.05) is 0 Å². The van der Waals surface area contributed by atoms with Crippen molar-refractivity contribution in [3.05, 3.63) is 71.3 Å². The van der Waals surface area contributed by atoms with Crippen LogP contribution in [0.5, 0.6) is 0 Å². The maximum atomic E-state index is 13.7. The van der Waals surface area contributed by atoms with E-state index < -0.39 is 40.6 Å². The Balaban J connectivity index is 1.85. The average Bonchev–Trinajstić information content (AvgIpc) is 2.80. The zero-order valence-corrected chi connectivity index (χ0v) is 13.0. The number of hydrogen-bond donors (Lipinski definition) is 2. The number of urea groups is 1. The Kier molecular flexibility index (Phi) is 3.96. The van der Waals surface area contributed by atoms with Crippen molar-refractivity contribution in [3.63, 3.8) is 0 Å². The highest BCUT2D eigenvalue weighted by Gasteiger charge is 2.50. The van der Waals surface area contributed by atoms with E-state index in [-0.39, 0.29) is 0 Å². The van der Waals surface area contributed by atoms with E-state index in [0.29, 0.717) is 16.6 Å². The minimum absolute atomic E-state index is 0.484. The maximum absolute atomic E-state index is 13.7. The standard InChI is InChI=1S/C17H13F2N3O3/c1-17(10-5-3-2-4-6-10)15(24)22(16(25)20-17)21-14(23)12-8-7-11(18)9-13(12)19/h2-9H,1H3,(H,20,25)(H,21,23). The van der Waals surface area contributed by atoms with Gasteiger partial charge >= 0.3 is 6.03 Å². The molecule has 0 radical (unpaired) electrons. The molecule has 8 heteroatoms. The largest absolute Gasteiger partial charge is 0.344 e. The summed E-state index contributed by atoms with van der Waals surface area (Å²) in [5, 5.41) is 2.98. The van der Waals surface area contributed by atoms with Crippen LogP contribution in [-0.4, -0.2) is 22.9 Å². The van der Waals surface area contributed by atoms with Crippen LogP contribution in [0.4, 0.5) is 13.6 Å². The van der Waals surface area contributed by atoms with Gasteiger partial charge in [0.15, 0.2) is 0 Å². The molecular formula is C17H13F2N3O3. The molecule has 1 saturated heterocycles. The molecule has 2 aromatic rings. The molecule has 4 amide bonds. The molecule has 0 saturated carbocycles. The third-order valence-corrected chi connectivity index (χ3v) is 3.93. The van der Waals surface area contributed by atoms with E-state index in [2.05, 4.69) is 10.7 Å². The molecule has 0 bridgehead atoms. The lowest BCUT2D eigenvalue weighted by Gasteiger charge is -2.22. The van der Waals surface area contributed by atoms with Crippen molar-refractivity contribution in [2.24, 2.45) is 0 Å². The van der Waals surface area contributed by atoms with Gasteiger partial charge in [-0.05, 0) is 24.6 Å². The van der Waals surface area contributed by atoms with Gasteiger partial charge in [-0.25, -0.2) is 13.6 Å². The van der Waals surface area contributed by atoms with E-state index in [1.807, 2.05) is 0 Å². The van der Waals surface area contributed by atoms with Gasteiger partial charge in [0.25, 0.3) is 11.8 Å². The van der Waals surface area contributed by atoms with Crippen LogP contribution in [0.1, 0.15) is 22.8 Å². The first-order valence-electron chi connectivity index (χ1n) is 7.31. The average molecular weight is 345 g/mol. The van der Waals surface area contributed by atoms with Crippen molar-refractivity contribution < 1.29 is 23.2 Å². The van der Waals surface area contributed by atoms with E-state index in [0.717, 1.165) is 12.1 Å². The van der Waals surface area contributed by atoms with Crippen LogP contribution in [0.15, 0.2) is 48.5 Å². The van der Waals surface area contributed by atoms with Gasteiger partial charge in [0.2, 0.25) is 0 Å². The minimum Gasteiger partial charge on any atom is -0.318 e. The topological polar surface area (TPSA) is 78.5 Å². The molecule has 1 aliphatic rings. The first kappa shape index (κ1) is 16.6. The van der Waals surface area contributed by atoms with Crippen molar-refractivity contribution in [1.29, 1.82) is 0 Å². The monoisotopic (exact) mass is 345 g/mol. The van der Waals surface area contributed by atoms with E-state index in [1.54, 1.807) is 30.3 Å². The molecule has 2 aromatic carbocycles. The van der Waals surface area contributed by atoms with Crippen molar-refractivity contribution in [2.45, 2.75) is 12.5 Å². The fraction of sp³-hybridized carbons (Fsp3) is 0.118. The summed E-state index contributed by atoms with van der Waals surface area (Å²) < 4.78 is 26.6. The Morgan fingerprint density at radius 2 is 1.80 bits per heavy atom. The molecule has 0 aromatic heterocycles. The van der Waals surface area contributed by atoms with Gasteiger partial charge in [0.05, 0.1) is 5.56 Å². The molecule has 1 fully saturated rings. The van der Waals surface area contributed by atoms with E-state index in [9.17, 15) is 23.2 Å². The molecule has 0 aliphatic carbocycles. The number of rotatable bonds is 3. The molecule has 0 spiro atoms. The van der Waals surface area contributed by atoms with Crippen LogP contribution in [0.2, 0.25) is 0 Å². The number of benzene rings is 2. The number of hydrazine groups is 1. The zero-order valence-electron chi connectivity index (χ0n) is 13.0. The van der Waals surface area contributed by atoms with Gasteiger partial charge in [-0.15, -0.1) is 0 Å². The summed E-state index contributed by atoms with van der Waals surface area (Å²) in [6.07, 6.45) is 0. The maximum Gasteiger partial charge on any atom is 0.344 e. The summed E-state index contributed by atoms with van der Waals surface area (Å²) in [5.41, 5.74) is 0.718. The van der Waals surface area contributed by atoms with Gasteiger partial charge in [-0.1, -0.05) is 30.3 Å². The highest BCUT2D eigenvalue weighted by molar-refractivity contribution is 6.09. The van der Waals surface area contributed by atoms with Crippen LogP contribution < -0.4 is 10.7 Å². The second-order valence-electron chi connectivity index (χ2n) is 5.63. The predicted molar refractivity (Wildman–Crippen MR) is 83.0 cm³/mol. The van der Waals surface area contributed by atoms with Gasteiger partial charge in [-0.2, -0.15) is 5.01 Å². The normalized spacial score (nSPS) is 19.7. The number of halogens is 2. The van der Waals surface area contributed by atoms with E-state index >= 15 is 0 Å². The van der Waals surface area contributed by atoms with E-state index in [4.69, 9.17) is 0 Å². The summed E-state index contributed by atoms with van der Waals surface area (Å²) >= 11 is 0. The molecule has 1 atom stereocenters. The Morgan fingerprint density at radius 1 is 1.12 bits per heavy atom. The summed E-state index contributed by atoms with van der Waals surface area (Å²) in [6, 6.07) is 9.98. The molecule has 1 unspecified atom stereocenters. The Labute approximate surface area is 141 Å². The number of carbonyl (C=O) groups excluding carboxylic acids is 3. The van der Waals surface area contributed by atoms with E-state index in [1.165, 1.54) is 6.92 Å². The smallest absolute Gasteiger partial charge is 0.318 e. The number of nitrogens with zero attached hydrogens (tertiary/aromatic N) is 1. The fourth-order valence-corrected chi connectivity index (χ4v) is 2.54. The lowest BCUT2D eigenvalue weighted by Crippen LogP contribution is -2.48.